The van der Waals surface area contributed by atoms with Crippen LogP contribution in [0.5, 0.6) is 0 Å². The van der Waals surface area contributed by atoms with E-state index in [0.29, 0.717) is 23.4 Å². The van der Waals surface area contributed by atoms with E-state index in [1.54, 1.807) is 25.5 Å². The van der Waals surface area contributed by atoms with Crippen molar-refractivity contribution >= 4 is 32.7 Å². The number of para-hydroxylation sites is 2. The number of benzene rings is 1. The first-order valence-electron chi connectivity index (χ1n) is 8.92. The highest BCUT2D eigenvalue weighted by Gasteiger charge is 2.20. The number of nitrogens with zero attached hydrogens (tertiary/aromatic N) is 5. The molecule has 9 nitrogen and oxygen atoms in total. The summed E-state index contributed by atoms with van der Waals surface area (Å²) in [4.78, 5) is 13.1. The van der Waals surface area contributed by atoms with E-state index >= 15 is 0 Å². The van der Waals surface area contributed by atoms with Gasteiger partial charge in [0, 0.05) is 32.2 Å². The first-order chi connectivity index (χ1) is 14.0. The summed E-state index contributed by atoms with van der Waals surface area (Å²) in [5, 5.41) is 7.11. The van der Waals surface area contributed by atoms with Crippen LogP contribution in [0.1, 0.15) is 5.56 Å². The Hall–Kier alpha value is -3.53. The van der Waals surface area contributed by atoms with Gasteiger partial charge in [0.25, 0.3) is 10.0 Å². The fraction of sp³-hybridized carbons (Fsp3) is 0.158. The zero-order valence-corrected chi connectivity index (χ0v) is 16.5. The highest BCUT2D eigenvalue weighted by atomic mass is 32.2. The van der Waals surface area contributed by atoms with Gasteiger partial charge in [0.1, 0.15) is 4.90 Å². The molecule has 148 valence electrons. The van der Waals surface area contributed by atoms with Crippen LogP contribution in [0.4, 0.5) is 11.6 Å². The van der Waals surface area contributed by atoms with Crippen LogP contribution in [-0.4, -0.2) is 39.7 Å². The molecule has 1 aromatic carbocycles. The second-order valence-electron chi connectivity index (χ2n) is 6.40. The number of anilines is 2. The number of fused-ring (bicyclic) bond motifs is 1. The van der Waals surface area contributed by atoms with Crippen LogP contribution in [0.3, 0.4) is 0 Å². The summed E-state index contributed by atoms with van der Waals surface area (Å²) in [6, 6.07) is 11.2. The molecule has 0 radical (unpaired) electrons. The Bertz CT molecular complexity index is 1240. The van der Waals surface area contributed by atoms with E-state index in [0.717, 1.165) is 12.0 Å². The predicted molar refractivity (Wildman–Crippen MR) is 110 cm³/mol. The number of rotatable bonds is 7. The van der Waals surface area contributed by atoms with Gasteiger partial charge in [-0.05, 0) is 36.2 Å². The number of hydrogen-bond acceptors (Lipinski definition) is 7. The molecule has 3 aromatic heterocycles. The lowest BCUT2D eigenvalue weighted by atomic mass is 10.2. The van der Waals surface area contributed by atoms with E-state index in [1.165, 1.54) is 17.1 Å². The summed E-state index contributed by atoms with van der Waals surface area (Å²) in [6.45, 7) is 0.554. The van der Waals surface area contributed by atoms with E-state index < -0.39 is 10.0 Å². The average molecular weight is 409 g/mol. The maximum Gasteiger partial charge on any atom is 0.266 e. The standard InChI is InChI=1S/C19H19N7O2S/c1-26-13-15(12-22-26)29(27,28)25-19-18(21-11-8-14-6-9-20-10-7-14)23-16-4-2-3-5-17(16)24-19/h2-7,9-10,12-13H,8,11H2,1H3,(H,21,23)(H,24,25). The second kappa shape index (κ2) is 7.84. The molecule has 3 heterocycles. The van der Waals surface area contributed by atoms with Crippen molar-refractivity contribution in [2.45, 2.75) is 11.3 Å². The van der Waals surface area contributed by atoms with Gasteiger partial charge in [-0.2, -0.15) is 5.10 Å². The topological polar surface area (TPSA) is 115 Å². The second-order valence-corrected chi connectivity index (χ2v) is 8.08. The van der Waals surface area contributed by atoms with Gasteiger partial charge >= 0.3 is 0 Å². The molecule has 0 spiro atoms. The van der Waals surface area contributed by atoms with Crippen molar-refractivity contribution in [3.63, 3.8) is 0 Å². The van der Waals surface area contributed by atoms with Crippen molar-refractivity contribution in [1.82, 2.24) is 24.7 Å². The summed E-state index contributed by atoms with van der Waals surface area (Å²) < 4.78 is 29.4. The summed E-state index contributed by atoms with van der Waals surface area (Å²) >= 11 is 0. The Balaban J connectivity index is 1.63. The lowest BCUT2D eigenvalue weighted by molar-refractivity contribution is 0.601. The van der Waals surface area contributed by atoms with E-state index in [9.17, 15) is 8.42 Å². The van der Waals surface area contributed by atoms with Gasteiger partial charge in [0.2, 0.25) is 0 Å². The molecule has 10 heteroatoms. The number of hydrogen-bond donors (Lipinski definition) is 2. The SMILES string of the molecule is Cn1cc(S(=O)(=O)Nc2nc3ccccc3nc2NCCc2ccncc2)cn1. The summed E-state index contributed by atoms with van der Waals surface area (Å²) in [5.41, 5.74) is 2.37. The minimum Gasteiger partial charge on any atom is -0.367 e. The molecule has 0 fully saturated rings. The molecule has 0 aliphatic heterocycles. The molecule has 2 N–H and O–H groups in total. The largest absolute Gasteiger partial charge is 0.367 e. The Morgan fingerprint density at radius 2 is 1.69 bits per heavy atom. The maximum atomic E-state index is 12.7. The van der Waals surface area contributed by atoms with Crippen molar-refractivity contribution in [2.24, 2.45) is 7.05 Å². The quantitative estimate of drug-likeness (QED) is 0.481. The highest BCUT2D eigenvalue weighted by Crippen LogP contribution is 2.24. The predicted octanol–water partition coefficient (Wildman–Crippen LogP) is 2.21. The lowest BCUT2D eigenvalue weighted by Crippen LogP contribution is -2.17. The molecular weight excluding hydrogens is 390 g/mol. The van der Waals surface area contributed by atoms with E-state index in [2.05, 4.69) is 30.1 Å². The number of aromatic nitrogens is 5. The number of sulfonamides is 1. The molecule has 0 atom stereocenters. The first-order valence-corrected chi connectivity index (χ1v) is 10.4. The Labute approximate surface area is 167 Å². The van der Waals surface area contributed by atoms with Gasteiger partial charge in [-0.3, -0.25) is 14.4 Å². The molecular formula is C19H19N7O2S. The fourth-order valence-corrected chi connectivity index (χ4v) is 3.78. The molecule has 0 saturated carbocycles. The van der Waals surface area contributed by atoms with E-state index in [1.807, 2.05) is 30.3 Å². The third kappa shape index (κ3) is 4.32. The normalized spacial score (nSPS) is 11.5. The first kappa shape index (κ1) is 18.8. The van der Waals surface area contributed by atoms with Crippen molar-refractivity contribution in [3.05, 3.63) is 66.7 Å². The Morgan fingerprint density at radius 1 is 1.00 bits per heavy atom. The zero-order chi connectivity index (χ0) is 20.3. The molecule has 0 saturated heterocycles. The van der Waals surface area contributed by atoms with Crippen LogP contribution in [-0.2, 0) is 23.5 Å². The third-order valence-corrected chi connectivity index (χ3v) is 5.54. The number of pyridine rings is 1. The van der Waals surface area contributed by atoms with Gasteiger partial charge in [-0.25, -0.2) is 18.4 Å². The van der Waals surface area contributed by atoms with Crippen LogP contribution in [0, 0.1) is 0 Å². The molecule has 0 amide bonds. The Morgan fingerprint density at radius 3 is 2.34 bits per heavy atom. The summed E-state index contributed by atoms with van der Waals surface area (Å²) in [6.07, 6.45) is 6.91. The van der Waals surface area contributed by atoms with Gasteiger partial charge < -0.3 is 5.32 Å². The monoisotopic (exact) mass is 409 g/mol. The number of aryl methyl sites for hydroxylation is 1. The zero-order valence-electron chi connectivity index (χ0n) is 15.6. The van der Waals surface area contributed by atoms with Crippen molar-refractivity contribution in [3.8, 4) is 0 Å². The van der Waals surface area contributed by atoms with Gasteiger partial charge in [0.05, 0.1) is 17.2 Å². The van der Waals surface area contributed by atoms with Crippen LogP contribution in [0.15, 0.2) is 66.1 Å². The van der Waals surface area contributed by atoms with Crippen LogP contribution in [0.25, 0.3) is 11.0 Å². The van der Waals surface area contributed by atoms with Crippen LogP contribution in [0.2, 0.25) is 0 Å². The molecule has 4 aromatic rings. The summed E-state index contributed by atoms with van der Waals surface area (Å²) in [5.74, 6) is 0.507. The minimum atomic E-state index is -3.84. The summed E-state index contributed by atoms with van der Waals surface area (Å²) in [7, 11) is -2.19. The van der Waals surface area contributed by atoms with Crippen molar-refractivity contribution < 1.29 is 8.42 Å². The average Bonchev–Trinajstić information content (AvgIpc) is 3.16. The maximum absolute atomic E-state index is 12.7. The van der Waals surface area contributed by atoms with Crippen molar-refractivity contribution in [2.75, 3.05) is 16.6 Å². The lowest BCUT2D eigenvalue weighted by Gasteiger charge is -2.13. The molecule has 0 unspecified atom stereocenters. The van der Waals surface area contributed by atoms with Crippen LogP contribution >= 0.6 is 0 Å². The highest BCUT2D eigenvalue weighted by molar-refractivity contribution is 7.92. The molecule has 0 aliphatic carbocycles. The van der Waals surface area contributed by atoms with Gasteiger partial charge in [-0.1, -0.05) is 12.1 Å². The third-order valence-electron chi connectivity index (χ3n) is 4.25. The van der Waals surface area contributed by atoms with Crippen LogP contribution < -0.4 is 10.0 Å². The smallest absolute Gasteiger partial charge is 0.266 e. The molecule has 29 heavy (non-hydrogen) atoms. The fourth-order valence-electron chi connectivity index (χ4n) is 2.79. The van der Waals surface area contributed by atoms with Gasteiger partial charge in [-0.15, -0.1) is 0 Å². The molecule has 0 bridgehead atoms. The molecule has 0 aliphatic rings. The number of nitrogens with one attached hydrogen (secondary N) is 2. The van der Waals surface area contributed by atoms with Gasteiger partial charge in [0.15, 0.2) is 11.6 Å². The molecule has 4 rings (SSSR count). The Kier molecular flexibility index (Phi) is 5.09. The minimum absolute atomic E-state index is 0.0534. The van der Waals surface area contributed by atoms with E-state index in [-0.39, 0.29) is 10.7 Å². The van der Waals surface area contributed by atoms with Crippen molar-refractivity contribution in [1.29, 1.82) is 0 Å². The van der Waals surface area contributed by atoms with E-state index in [4.69, 9.17) is 0 Å².